The molecule has 0 radical (unpaired) electrons. The Morgan fingerprint density at radius 3 is 3.08 bits per heavy atom. The second-order valence-corrected chi connectivity index (χ2v) is 3.69. The van der Waals surface area contributed by atoms with Gasteiger partial charge in [-0.15, -0.1) is 11.8 Å². The molecule has 2 rings (SSSR count). The van der Waals surface area contributed by atoms with E-state index in [1.165, 1.54) is 12.3 Å². The third kappa shape index (κ3) is 1.67. The molecule has 68 valence electrons. The highest BCUT2D eigenvalue weighted by Crippen LogP contribution is 2.28. The van der Waals surface area contributed by atoms with E-state index in [0.29, 0.717) is 0 Å². The zero-order valence-corrected chi connectivity index (χ0v) is 8.01. The van der Waals surface area contributed by atoms with Gasteiger partial charge >= 0.3 is 0 Å². The molecule has 0 saturated carbocycles. The second kappa shape index (κ2) is 3.38. The largest absolute Gasteiger partial charge is 0.364 e. The minimum Gasteiger partial charge on any atom is -0.364 e. The zero-order valence-electron chi connectivity index (χ0n) is 7.20. The average molecular weight is 196 g/mol. The Hall–Kier alpha value is -1.03. The minimum atomic E-state index is -0.427. The fourth-order valence-corrected chi connectivity index (χ4v) is 2.15. The molecule has 1 aliphatic heterocycles. The third-order valence-electron chi connectivity index (χ3n) is 1.90. The normalized spacial score (nSPS) is 16.2. The molecule has 0 bridgehead atoms. The van der Waals surface area contributed by atoms with Crippen molar-refractivity contribution in [2.45, 2.75) is 0 Å². The smallest absolute Gasteiger partial charge is 0.213 e. The molecule has 2 heterocycles. The first-order valence-electron chi connectivity index (χ1n) is 3.92. The van der Waals surface area contributed by atoms with E-state index in [-0.39, 0.29) is 0 Å². The van der Waals surface area contributed by atoms with E-state index >= 15 is 0 Å². The molecule has 1 aromatic rings. The van der Waals surface area contributed by atoms with E-state index < -0.39 is 5.95 Å². The molecule has 13 heavy (non-hydrogen) atoms. The average Bonchev–Trinajstić information content (AvgIpc) is 2.51. The maximum absolute atomic E-state index is 12.8. The summed E-state index contributed by atoms with van der Waals surface area (Å²) in [5.41, 5.74) is 1.95. The van der Waals surface area contributed by atoms with Crippen molar-refractivity contribution in [3.63, 3.8) is 0 Å². The zero-order chi connectivity index (χ0) is 9.26. The summed E-state index contributed by atoms with van der Waals surface area (Å²) in [5.74, 6) is 0.503. The van der Waals surface area contributed by atoms with Crippen LogP contribution in [0.25, 0.3) is 5.70 Å². The maximum atomic E-state index is 12.8. The van der Waals surface area contributed by atoms with Gasteiger partial charge in [0.05, 0.1) is 11.6 Å². The van der Waals surface area contributed by atoms with Crippen LogP contribution in [-0.4, -0.2) is 22.8 Å². The number of rotatable bonds is 1. The summed E-state index contributed by atoms with van der Waals surface area (Å²) in [6, 6.07) is 3.27. The lowest BCUT2D eigenvalue weighted by atomic mass is 10.2. The fourth-order valence-electron chi connectivity index (χ4n) is 1.24. The Kier molecular flexibility index (Phi) is 2.22. The number of nitrogens with zero attached hydrogens (tertiary/aromatic N) is 2. The predicted octanol–water partition coefficient (Wildman–Crippen LogP) is 2.16. The van der Waals surface area contributed by atoms with Gasteiger partial charge in [0.25, 0.3) is 0 Å². The van der Waals surface area contributed by atoms with Gasteiger partial charge in [0.2, 0.25) is 5.95 Å². The number of pyridine rings is 1. The Balaban J connectivity index is 2.35. The van der Waals surface area contributed by atoms with E-state index in [9.17, 15) is 4.39 Å². The van der Waals surface area contributed by atoms with Crippen LogP contribution in [0, 0.1) is 5.95 Å². The lowest BCUT2D eigenvalue weighted by Crippen LogP contribution is -2.11. The first-order valence-corrected chi connectivity index (χ1v) is 4.97. The van der Waals surface area contributed by atoms with E-state index in [0.717, 1.165) is 17.1 Å². The van der Waals surface area contributed by atoms with Crippen molar-refractivity contribution in [3.05, 3.63) is 35.2 Å². The summed E-state index contributed by atoms with van der Waals surface area (Å²) in [4.78, 5) is 5.60. The van der Waals surface area contributed by atoms with E-state index in [1.807, 2.05) is 18.5 Å². The Labute approximate surface area is 80.5 Å². The van der Waals surface area contributed by atoms with Crippen molar-refractivity contribution in [3.8, 4) is 0 Å². The first kappa shape index (κ1) is 8.56. The van der Waals surface area contributed by atoms with E-state index in [2.05, 4.69) is 9.88 Å². The summed E-state index contributed by atoms with van der Waals surface area (Å²) < 4.78 is 12.8. The van der Waals surface area contributed by atoms with Crippen LogP contribution in [0.2, 0.25) is 0 Å². The molecule has 0 spiro atoms. The maximum Gasteiger partial charge on any atom is 0.213 e. The number of thioether (sulfide) groups is 1. The predicted molar refractivity (Wildman–Crippen MR) is 52.4 cm³/mol. The summed E-state index contributed by atoms with van der Waals surface area (Å²) in [6.07, 6.45) is 1.49. The highest BCUT2D eigenvalue weighted by atomic mass is 32.2. The molecule has 0 saturated heterocycles. The molecule has 4 heteroatoms. The van der Waals surface area contributed by atoms with Crippen LogP contribution in [0.15, 0.2) is 23.7 Å². The van der Waals surface area contributed by atoms with Crippen molar-refractivity contribution >= 4 is 17.5 Å². The van der Waals surface area contributed by atoms with Gasteiger partial charge in [0.15, 0.2) is 0 Å². The molecule has 0 aromatic carbocycles. The van der Waals surface area contributed by atoms with Crippen molar-refractivity contribution < 1.29 is 4.39 Å². The van der Waals surface area contributed by atoms with Gasteiger partial charge < -0.3 is 4.90 Å². The number of aromatic nitrogens is 1. The lowest BCUT2D eigenvalue weighted by Gasteiger charge is -2.14. The molecule has 0 unspecified atom stereocenters. The number of halogens is 1. The molecular weight excluding hydrogens is 187 g/mol. The molecule has 0 amide bonds. The number of hydrogen-bond acceptors (Lipinski definition) is 3. The van der Waals surface area contributed by atoms with Gasteiger partial charge in [-0.1, -0.05) is 0 Å². The number of hydrogen-bond donors (Lipinski definition) is 0. The van der Waals surface area contributed by atoms with Gasteiger partial charge in [-0.3, -0.25) is 0 Å². The Morgan fingerprint density at radius 1 is 1.62 bits per heavy atom. The molecule has 0 N–H and O–H groups in total. The van der Waals surface area contributed by atoms with Crippen LogP contribution in [0.1, 0.15) is 5.56 Å². The van der Waals surface area contributed by atoms with Crippen LogP contribution in [-0.2, 0) is 0 Å². The Bertz CT molecular complexity index is 351. The summed E-state index contributed by atoms with van der Waals surface area (Å²) in [7, 11) is 1.99. The van der Waals surface area contributed by atoms with Crippen LogP contribution >= 0.6 is 11.8 Å². The summed E-state index contributed by atoms with van der Waals surface area (Å²) in [6.45, 7) is 0. The molecule has 0 atom stereocenters. The topological polar surface area (TPSA) is 16.1 Å². The molecular formula is C9H9FN2S. The van der Waals surface area contributed by atoms with Crippen molar-refractivity contribution in [2.75, 3.05) is 12.9 Å². The van der Waals surface area contributed by atoms with Gasteiger partial charge in [-0.25, -0.2) is 4.98 Å². The van der Waals surface area contributed by atoms with E-state index in [1.54, 1.807) is 11.8 Å². The van der Waals surface area contributed by atoms with Crippen LogP contribution in [0.5, 0.6) is 0 Å². The Morgan fingerprint density at radius 2 is 2.46 bits per heavy atom. The SMILES string of the molecule is CN1CSC=C1c1ccnc(F)c1. The molecule has 1 aliphatic rings. The van der Waals surface area contributed by atoms with Crippen molar-refractivity contribution in [2.24, 2.45) is 0 Å². The molecule has 2 nitrogen and oxygen atoms in total. The second-order valence-electron chi connectivity index (χ2n) is 2.86. The van der Waals surface area contributed by atoms with Crippen LogP contribution < -0.4 is 0 Å². The van der Waals surface area contributed by atoms with Gasteiger partial charge in [0, 0.05) is 24.9 Å². The molecule has 0 aliphatic carbocycles. The monoisotopic (exact) mass is 196 g/mol. The fraction of sp³-hybridized carbons (Fsp3) is 0.222. The summed E-state index contributed by atoms with van der Waals surface area (Å²) in [5, 5.41) is 2.04. The quantitative estimate of drug-likeness (QED) is 0.640. The molecule has 1 aromatic heterocycles. The molecule has 0 fully saturated rings. The minimum absolute atomic E-state index is 0.427. The standard InChI is InChI=1S/C9H9FN2S/c1-12-6-13-5-8(12)7-2-3-11-9(10)4-7/h2-5H,6H2,1H3. The van der Waals surface area contributed by atoms with E-state index in [4.69, 9.17) is 0 Å². The van der Waals surface area contributed by atoms with Gasteiger partial charge in [0.1, 0.15) is 0 Å². The van der Waals surface area contributed by atoms with Crippen molar-refractivity contribution in [1.82, 2.24) is 9.88 Å². The third-order valence-corrected chi connectivity index (χ3v) is 2.82. The summed E-state index contributed by atoms with van der Waals surface area (Å²) >= 11 is 1.71. The van der Waals surface area contributed by atoms with Gasteiger partial charge in [-0.05, 0) is 11.5 Å². The first-order chi connectivity index (χ1) is 6.27. The van der Waals surface area contributed by atoms with Crippen LogP contribution in [0.4, 0.5) is 4.39 Å². The van der Waals surface area contributed by atoms with Crippen molar-refractivity contribution in [1.29, 1.82) is 0 Å². The highest BCUT2D eigenvalue weighted by Gasteiger charge is 2.13. The lowest BCUT2D eigenvalue weighted by molar-refractivity contribution is 0.568. The highest BCUT2D eigenvalue weighted by molar-refractivity contribution is 8.02. The van der Waals surface area contributed by atoms with Crippen LogP contribution in [0.3, 0.4) is 0 Å². The van der Waals surface area contributed by atoms with Gasteiger partial charge in [-0.2, -0.15) is 4.39 Å².